The number of aliphatic hydroxyl groups excluding tert-OH is 1. The van der Waals surface area contributed by atoms with Gasteiger partial charge in [0.2, 0.25) is 0 Å². The number of nitrogens with zero attached hydrogens (tertiary/aromatic N) is 2. The lowest BCUT2D eigenvalue weighted by atomic mass is 9.93. The Bertz CT molecular complexity index is 672. The van der Waals surface area contributed by atoms with E-state index >= 15 is 0 Å². The molecule has 1 saturated heterocycles. The van der Waals surface area contributed by atoms with Crippen LogP contribution < -0.4 is 0 Å². The highest BCUT2D eigenvalue weighted by Crippen LogP contribution is 2.30. The number of ketones is 1. The van der Waals surface area contributed by atoms with Crippen LogP contribution in [-0.2, 0) is 6.42 Å². The first-order chi connectivity index (χ1) is 12.4. The van der Waals surface area contributed by atoms with E-state index in [9.17, 15) is 14.7 Å². The molecule has 1 aliphatic heterocycles. The van der Waals surface area contributed by atoms with Crippen LogP contribution in [0.2, 0.25) is 0 Å². The van der Waals surface area contributed by atoms with Crippen molar-refractivity contribution in [3.63, 3.8) is 0 Å². The minimum atomic E-state index is -0.300. The van der Waals surface area contributed by atoms with Crippen LogP contribution in [0.5, 0.6) is 0 Å². The average molecular weight is 362 g/mol. The standard InChI is InChI=1S/C20H30N2O4/c1-13(23)11-22-9-7-15(8-10-22)12-21(3)20(25)19-14(2)18-16(24)5-4-6-17(18)26-19/h13,15,23H,4-12H2,1-3H3/t13-/m0/s1. The van der Waals surface area contributed by atoms with Gasteiger partial charge in [0.05, 0.1) is 11.7 Å². The van der Waals surface area contributed by atoms with Gasteiger partial charge in [0.25, 0.3) is 5.91 Å². The third-order valence-electron chi connectivity index (χ3n) is 5.61. The van der Waals surface area contributed by atoms with Gasteiger partial charge in [-0.15, -0.1) is 0 Å². The molecule has 1 aliphatic carbocycles. The van der Waals surface area contributed by atoms with Crippen LogP contribution >= 0.6 is 0 Å². The zero-order valence-electron chi connectivity index (χ0n) is 16.1. The Kier molecular flexibility index (Phi) is 5.82. The van der Waals surface area contributed by atoms with E-state index in [2.05, 4.69) is 4.90 Å². The molecule has 1 amide bonds. The molecule has 0 saturated carbocycles. The number of fused-ring (bicyclic) bond motifs is 1. The van der Waals surface area contributed by atoms with Crippen molar-refractivity contribution in [2.45, 2.75) is 52.1 Å². The number of rotatable bonds is 5. The van der Waals surface area contributed by atoms with Crippen molar-refractivity contribution in [1.82, 2.24) is 9.80 Å². The maximum atomic E-state index is 12.9. The predicted molar refractivity (Wildman–Crippen MR) is 98.5 cm³/mol. The Balaban J connectivity index is 1.60. The number of piperidine rings is 1. The first-order valence-electron chi connectivity index (χ1n) is 9.68. The molecule has 0 bridgehead atoms. The van der Waals surface area contributed by atoms with Gasteiger partial charge in [-0.05, 0) is 52.1 Å². The molecule has 0 spiro atoms. The lowest BCUT2D eigenvalue weighted by molar-refractivity contribution is 0.0673. The first kappa shape index (κ1) is 19.1. The van der Waals surface area contributed by atoms with E-state index in [1.165, 1.54) is 0 Å². The first-order valence-corrected chi connectivity index (χ1v) is 9.68. The summed E-state index contributed by atoms with van der Waals surface area (Å²) in [4.78, 5) is 29.0. The molecule has 6 nitrogen and oxygen atoms in total. The molecule has 2 aliphatic rings. The lowest BCUT2D eigenvalue weighted by Crippen LogP contribution is -2.41. The van der Waals surface area contributed by atoms with Crippen LogP contribution in [0, 0.1) is 12.8 Å². The number of carbonyl (C=O) groups excluding carboxylic acids is 2. The molecule has 2 heterocycles. The maximum absolute atomic E-state index is 12.9. The number of hydrogen-bond acceptors (Lipinski definition) is 5. The predicted octanol–water partition coefficient (Wildman–Crippen LogP) is 2.27. The van der Waals surface area contributed by atoms with Gasteiger partial charge in [-0.25, -0.2) is 0 Å². The normalized spacial score (nSPS) is 20.1. The van der Waals surface area contributed by atoms with Gasteiger partial charge >= 0.3 is 0 Å². The van der Waals surface area contributed by atoms with Crippen molar-refractivity contribution < 1.29 is 19.1 Å². The Morgan fingerprint density at radius 3 is 2.65 bits per heavy atom. The van der Waals surface area contributed by atoms with E-state index < -0.39 is 0 Å². The fourth-order valence-electron chi connectivity index (χ4n) is 4.22. The van der Waals surface area contributed by atoms with Crippen LogP contribution in [0.25, 0.3) is 0 Å². The third-order valence-corrected chi connectivity index (χ3v) is 5.61. The number of likely N-dealkylation sites (tertiary alicyclic amines) is 1. The van der Waals surface area contributed by atoms with Crippen molar-refractivity contribution in [2.75, 3.05) is 33.2 Å². The minimum Gasteiger partial charge on any atom is -0.455 e. The van der Waals surface area contributed by atoms with Crippen molar-refractivity contribution >= 4 is 11.7 Å². The molecule has 1 fully saturated rings. The number of β-amino-alcohol motifs (C(OH)–C–C–N with tert-alkyl or cyclic N) is 1. The van der Waals surface area contributed by atoms with Crippen LogP contribution in [0.3, 0.4) is 0 Å². The second-order valence-electron chi connectivity index (χ2n) is 7.91. The van der Waals surface area contributed by atoms with Gasteiger partial charge in [0, 0.05) is 38.5 Å². The Labute approximate surface area is 155 Å². The molecule has 1 atom stereocenters. The summed E-state index contributed by atoms with van der Waals surface area (Å²) in [5, 5.41) is 9.50. The second kappa shape index (κ2) is 7.92. The Hall–Kier alpha value is -1.66. The van der Waals surface area contributed by atoms with Gasteiger partial charge in [0.1, 0.15) is 5.76 Å². The molecule has 3 rings (SSSR count). The number of Topliss-reactive ketones (excluding diaryl/α,β-unsaturated/α-hetero) is 1. The number of aliphatic hydroxyl groups is 1. The highest BCUT2D eigenvalue weighted by molar-refractivity contribution is 6.03. The van der Waals surface area contributed by atoms with Gasteiger partial charge in [-0.2, -0.15) is 0 Å². The van der Waals surface area contributed by atoms with Gasteiger partial charge in [-0.3, -0.25) is 9.59 Å². The zero-order chi connectivity index (χ0) is 18.8. The van der Waals surface area contributed by atoms with Gasteiger partial charge in [-0.1, -0.05) is 0 Å². The van der Waals surface area contributed by atoms with Crippen LogP contribution in [-0.4, -0.2) is 65.9 Å². The molecular weight excluding hydrogens is 332 g/mol. The van der Waals surface area contributed by atoms with E-state index in [1.54, 1.807) is 4.90 Å². The molecule has 0 unspecified atom stereocenters. The summed E-state index contributed by atoms with van der Waals surface area (Å²) >= 11 is 0. The van der Waals surface area contributed by atoms with Crippen LogP contribution in [0.1, 0.15) is 64.8 Å². The highest BCUT2D eigenvalue weighted by atomic mass is 16.4. The quantitative estimate of drug-likeness (QED) is 0.870. The summed E-state index contributed by atoms with van der Waals surface area (Å²) in [7, 11) is 1.81. The minimum absolute atomic E-state index is 0.0969. The molecule has 1 N–H and O–H groups in total. The number of hydrogen-bond donors (Lipinski definition) is 1. The molecule has 1 aromatic heterocycles. The number of aryl methyl sites for hydroxylation is 1. The highest BCUT2D eigenvalue weighted by Gasteiger charge is 2.31. The average Bonchev–Trinajstić information content (AvgIpc) is 2.93. The van der Waals surface area contributed by atoms with E-state index in [0.717, 1.165) is 38.8 Å². The SMILES string of the molecule is Cc1c(C(=O)N(C)CC2CCN(C[C@H](C)O)CC2)oc2c1C(=O)CCC2. The molecule has 144 valence electrons. The molecule has 6 heteroatoms. The fourth-order valence-corrected chi connectivity index (χ4v) is 4.22. The summed E-state index contributed by atoms with van der Waals surface area (Å²) in [6.45, 7) is 6.96. The zero-order valence-corrected chi connectivity index (χ0v) is 16.1. The summed E-state index contributed by atoms with van der Waals surface area (Å²) in [5.74, 6) is 1.44. The van der Waals surface area contributed by atoms with Gasteiger partial charge < -0.3 is 19.3 Å². The second-order valence-corrected chi connectivity index (χ2v) is 7.91. The molecule has 26 heavy (non-hydrogen) atoms. The van der Waals surface area contributed by atoms with Crippen molar-refractivity contribution in [3.8, 4) is 0 Å². The van der Waals surface area contributed by atoms with Crippen molar-refractivity contribution in [2.24, 2.45) is 5.92 Å². The smallest absolute Gasteiger partial charge is 0.289 e. The lowest BCUT2D eigenvalue weighted by Gasteiger charge is -2.34. The fraction of sp³-hybridized carbons (Fsp3) is 0.700. The summed E-state index contributed by atoms with van der Waals surface area (Å²) in [6, 6.07) is 0. The summed E-state index contributed by atoms with van der Waals surface area (Å²) in [6.07, 6.45) is 3.83. The number of carbonyl (C=O) groups is 2. The van der Waals surface area contributed by atoms with Crippen molar-refractivity contribution in [3.05, 3.63) is 22.6 Å². The van der Waals surface area contributed by atoms with E-state index in [1.807, 2.05) is 20.9 Å². The number of amides is 1. The summed E-state index contributed by atoms with van der Waals surface area (Å²) < 4.78 is 5.79. The third kappa shape index (κ3) is 4.01. The molecule has 1 aromatic rings. The van der Waals surface area contributed by atoms with Crippen molar-refractivity contribution in [1.29, 1.82) is 0 Å². The Morgan fingerprint density at radius 1 is 1.35 bits per heavy atom. The largest absolute Gasteiger partial charge is 0.455 e. The Morgan fingerprint density at radius 2 is 2.04 bits per heavy atom. The van der Waals surface area contributed by atoms with Gasteiger partial charge in [0.15, 0.2) is 11.5 Å². The number of furan rings is 1. The molecule has 0 aromatic carbocycles. The molecule has 0 radical (unpaired) electrons. The monoisotopic (exact) mass is 362 g/mol. The van der Waals surface area contributed by atoms with E-state index in [0.29, 0.717) is 48.1 Å². The van der Waals surface area contributed by atoms with Crippen LogP contribution in [0.15, 0.2) is 4.42 Å². The summed E-state index contributed by atoms with van der Waals surface area (Å²) in [5.41, 5.74) is 1.34. The topological polar surface area (TPSA) is 74.0 Å². The van der Waals surface area contributed by atoms with Crippen LogP contribution in [0.4, 0.5) is 0 Å². The van der Waals surface area contributed by atoms with E-state index in [4.69, 9.17) is 4.42 Å². The molecular formula is C20H30N2O4. The van der Waals surface area contributed by atoms with E-state index in [-0.39, 0.29) is 17.8 Å². The maximum Gasteiger partial charge on any atom is 0.289 e.